The zero-order valence-electron chi connectivity index (χ0n) is 15.3. The van der Waals surface area contributed by atoms with Crippen molar-refractivity contribution >= 4 is 11.8 Å². The van der Waals surface area contributed by atoms with E-state index in [1.165, 1.54) is 6.42 Å². The molecule has 2 aromatic rings. The van der Waals surface area contributed by atoms with Crippen LogP contribution in [0.5, 0.6) is 0 Å². The van der Waals surface area contributed by atoms with Gasteiger partial charge in [0.05, 0.1) is 0 Å². The van der Waals surface area contributed by atoms with Gasteiger partial charge in [-0.25, -0.2) is 0 Å². The van der Waals surface area contributed by atoms with Crippen LogP contribution in [0, 0.1) is 0 Å². The van der Waals surface area contributed by atoms with Crippen LogP contribution in [0.4, 0.5) is 0 Å². The minimum atomic E-state index is -0.128. The van der Waals surface area contributed by atoms with Gasteiger partial charge in [-0.2, -0.15) is 0 Å². The van der Waals surface area contributed by atoms with Crippen LogP contribution in [0.25, 0.3) is 0 Å². The standard InChI is InChI=1S/C22H26N2O2/c1-2-20-10-6-7-15-24(20)22(26)19-13-11-18(12-14-19)21(25)23-16-17-8-4-3-5-9-17/h3-5,8-9,11-14,20H,2,6-7,10,15-16H2,1H3,(H,23,25). The van der Waals surface area contributed by atoms with Crippen LogP contribution in [-0.4, -0.2) is 29.3 Å². The highest BCUT2D eigenvalue weighted by molar-refractivity contribution is 5.98. The number of carbonyl (C=O) groups excluding carboxylic acids is 2. The molecule has 0 aromatic heterocycles. The van der Waals surface area contributed by atoms with E-state index in [9.17, 15) is 9.59 Å². The Morgan fingerprint density at radius 1 is 1.00 bits per heavy atom. The minimum Gasteiger partial charge on any atom is -0.348 e. The first-order valence-electron chi connectivity index (χ1n) is 9.42. The number of benzene rings is 2. The van der Waals surface area contributed by atoms with Crippen molar-refractivity contribution in [2.24, 2.45) is 0 Å². The fourth-order valence-electron chi connectivity index (χ4n) is 3.50. The van der Waals surface area contributed by atoms with E-state index in [1.54, 1.807) is 24.3 Å². The van der Waals surface area contributed by atoms with Gasteiger partial charge < -0.3 is 10.2 Å². The molecule has 2 amide bonds. The maximum atomic E-state index is 12.8. The van der Waals surface area contributed by atoms with E-state index in [2.05, 4.69) is 12.2 Å². The molecule has 136 valence electrons. The van der Waals surface area contributed by atoms with Gasteiger partial charge in [-0.1, -0.05) is 37.3 Å². The van der Waals surface area contributed by atoms with Gasteiger partial charge in [0.2, 0.25) is 0 Å². The van der Waals surface area contributed by atoms with Gasteiger partial charge in [-0.05, 0) is 55.5 Å². The second-order valence-corrected chi connectivity index (χ2v) is 6.80. The van der Waals surface area contributed by atoms with Crippen LogP contribution in [0.2, 0.25) is 0 Å². The lowest BCUT2D eigenvalue weighted by molar-refractivity contribution is 0.0607. The summed E-state index contributed by atoms with van der Waals surface area (Å²) in [6.45, 7) is 3.46. The van der Waals surface area contributed by atoms with Crippen molar-refractivity contribution in [3.8, 4) is 0 Å². The maximum Gasteiger partial charge on any atom is 0.254 e. The van der Waals surface area contributed by atoms with Crippen molar-refractivity contribution in [2.45, 2.75) is 45.2 Å². The molecule has 0 bridgehead atoms. The Morgan fingerprint density at radius 3 is 2.38 bits per heavy atom. The molecule has 1 aliphatic heterocycles. The number of likely N-dealkylation sites (tertiary alicyclic amines) is 1. The zero-order chi connectivity index (χ0) is 18.4. The van der Waals surface area contributed by atoms with Crippen molar-refractivity contribution in [1.82, 2.24) is 10.2 Å². The molecule has 0 aliphatic carbocycles. The predicted octanol–water partition coefficient (Wildman–Crippen LogP) is 4.02. The Balaban J connectivity index is 1.62. The van der Waals surface area contributed by atoms with Gasteiger partial charge in [0.1, 0.15) is 0 Å². The second-order valence-electron chi connectivity index (χ2n) is 6.80. The van der Waals surface area contributed by atoms with Crippen LogP contribution in [-0.2, 0) is 6.54 Å². The smallest absolute Gasteiger partial charge is 0.254 e. The molecule has 2 aromatic carbocycles. The molecule has 1 atom stereocenters. The topological polar surface area (TPSA) is 49.4 Å². The molecule has 1 saturated heterocycles. The highest BCUT2D eigenvalue weighted by Crippen LogP contribution is 2.22. The first-order chi connectivity index (χ1) is 12.7. The highest BCUT2D eigenvalue weighted by Gasteiger charge is 2.26. The molecule has 4 heteroatoms. The molecule has 3 rings (SSSR count). The second kappa shape index (κ2) is 8.65. The Kier molecular flexibility index (Phi) is 6.05. The molecule has 1 N–H and O–H groups in total. The van der Waals surface area contributed by atoms with E-state index in [0.29, 0.717) is 23.7 Å². The zero-order valence-corrected chi connectivity index (χ0v) is 15.3. The van der Waals surface area contributed by atoms with Crippen molar-refractivity contribution in [3.05, 3.63) is 71.3 Å². The van der Waals surface area contributed by atoms with Crippen LogP contribution < -0.4 is 5.32 Å². The predicted molar refractivity (Wildman–Crippen MR) is 103 cm³/mol. The number of amides is 2. The third-order valence-electron chi connectivity index (χ3n) is 5.05. The summed E-state index contributed by atoms with van der Waals surface area (Å²) < 4.78 is 0. The molecule has 1 unspecified atom stereocenters. The number of rotatable bonds is 5. The summed E-state index contributed by atoms with van der Waals surface area (Å²) in [5, 5.41) is 2.91. The van der Waals surface area contributed by atoms with E-state index in [4.69, 9.17) is 0 Å². The summed E-state index contributed by atoms with van der Waals surface area (Å²) in [5.41, 5.74) is 2.29. The number of hydrogen-bond acceptors (Lipinski definition) is 2. The van der Waals surface area contributed by atoms with Gasteiger partial charge in [-0.3, -0.25) is 9.59 Å². The van der Waals surface area contributed by atoms with E-state index < -0.39 is 0 Å². The molecule has 4 nitrogen and oxygen atoms in total. The van der Waals surface area contributed by atoms with Crippen LogP contribution >= 0.6 is 0 Å². The first-order valence-corrected chi connectivity index (χ1v) is 9.42. The molecule has 1 fully saturated rings. The largest absolute Gasteiger partial charge is 0.348 e. The van der Waals surface area contributed by atoms with Gasteiger partial charge >= 0.3 is 0 Å². The van der Waals surface area contributed by atoms with Gasteiger partial charge in [0.15, 0.2) is 0 Å². The third-order valence-corrected chi connectivity index (χ3v) is 5.05. The summed E-state index contributed by atoms with van der Waals surface area (Å²) in [5.74, 6) is -0.0509. The fourth-order valence-corrected chi connectivity index (χ4v) is 3.50. The van der Waals surface area contributed by atoms with Crippen LogP contribution in [0.1, 0.15) is 58.9 Å². The molecule has 1 aliphatic rings. The number of carbonyl (C=O) groups is 2. The van der Waals surface area contributed by atoms with E-state index >= 15 is 0 Å². The molecule has 0 spiro atoms. The molecule has 26 heavy (non-hydrogen) atoms. The molecule has 1 heterocycles. The van der Waals surface area contributed by atoms with E-state index in [0.717, 1.165) is 31.4 Å². The third kappa shape index (κ3) is 4.31. The van der Waals surface area contributed by atoms with Gasteiger partial charge in [-0.15, -0.1) is 0 Å². The average Bonchev–Trinajstić information content (AvgIpc) is 2.72. The summed E-state index contributed by atoms with van der Waals surface area (Å²) in [4.78, 5) is 27.1. The quantitative estimate of drug-likeness (QED) is 0.885. The number of hydrogen-bond donors (Lipinski definition) is 1. The van der Waals surface area contributed by atoms with Crippen molar-refractivity contribution < 1.29 is 9.59 Å². The van der Waals surface area contributed by atoms with Crippen molar-refractivity contribution in [3.63, 3.8) is 0 Å². The van der Waals surface area contributed by atoms with Crippen LogP contribution in [0.3, 0.4) is 0 Å². The Morgan fingerprint density at radius 2 is 1.69 bits per heavy atom. The monoisotopic (exact) mass is 350 g/mol. The average molecular weight is 350 g/mol. The van der Waals surface area contributed by atoms with Crippen molar-refractivity contribution in [2.75, 3.05) is 6.54 Å². The number of nitrogens with one attached hydrogen (secondary N) is 1. The van der Waals surface area contributed by atoms with E-state index in [-0.39, 0.29) is 11.8 Å². The summed E-state index contributed by atoms with van der Waals surface area (Å²) in [7, 11) is 0. The summed E-state index contributed by atoms with van der Waals surface area (Å²) in [6.07, 6.45) is 4.35. The Labute approximate surface area is 155 Å². The lowest BCUT2D eigenvalue weighted by Gasteiger charge is -2.35. The molecule has 0 saturated carbocycles. The maximum absolute atomic E-state index is 12.8. The number of piperidine rings is 1. The first kappa shape index (κ1) is 18.2. The minimum absolute atomic E-state index is 0.0767. The van der Waals surface area contributed by atoms with Gasteiger partial charge in [0.25, 0.3) is 11.8 Å². The summed E-state index contributed by atoms with van der Waals surface area (Å²) in [6, 6.07) is 17.1. The molecule has 0 radical (unpaired) electrons. The summed E-state index contributed by atoms with van der Waals surface area (Å²) >= 11 is 0. The Hall–Kier alpha value is -2.62. The van der Waals surface area contributed by atoms with Crippen LogP contribution in [0.15, 0.2) is 54.6 Å². The number of nitrogens with zero attached hydrogens (tertiary/aromatic N) is 1. The van der Waals surface area contributed by atoms with Gasteiger partial charge in [0, 0.05) is 30.3 Å². The fraction of sp³-hybridized carbons (Fsp3) is 0.364. The lowest BCUT2D eigenvalue weighted by Crippen LogP contribution is -2.43. The van der Waals surface area contributed by atoms with E-state index in [1.807, 2.05) is 35.2 Å². The SMILES string of the molecule is CCC1CCCCN1C(=O)c1ccc(C(=O)NCc2ccccc2)cc1. The Bertz CT molecular complexity index is 740. The normalized spacial score (nSPS) is 17.0. The molecular weight excluding hydrogens is 324 g/mol. The van der Waals surface area contributed by atoms with Crippen molar-refractivity contribution in [1.29, 1.82) is 0 Å². The molecular formula is C22H26N2O2. The lowest BCUT2D eigenvalue weighted by atomic mass is 9.98. The highest BCUT2D eigenvalue weighted by atomic mass is 16.2.